The van der Waals surface area contributed by atoms with E-state index in [-0.39, 0.29) is 6.03 Å². The van der Waals surface area contributed by atoms with E-state index in [2.05, 4.69) is 70.7 Å². The van der Waals surface area contributed by atoms with Crippen LogP contribution in [0.2, 0.25) is 0 Å². The topological polar surface area (TPSA) is 48.1 Å². The van der Waals surface area contributed by atoms with Gasteiger partial charge in [0.1, 0.15) is 5.75 Å². The maximum atomic E-state index is 11.8. The molecule has 0 spiro atoms. The summed E-state index contributed by atoms with van der Waals surface area (Å²) in [6.07, 6.45) is 3.69. The fourth-order valence-electron chi connectivity index (χ4n) is 4.90. The number of hydrogen-bond acceptors (Lipinski definition) is 4. The van der Waals surface area contributed by atoms with E-state index in [4.69, 9.17) is 4.74 Å². The summed E-state index contributed by atoms with van der Waals surface area (Å²) >= 11 is 0. The Morgan fingerprint density at radius 2 is 1.81 bits per heavy atom. The summed E-state index contributed by atoms with van der Waals surface area (Å²) in [5.41, 5.74) is 3.65. The normalized spacial score (nSPS) is 19.4. The van der Waals surface area contributed by atoms with E-state index in [9.17, 15) is 4.79 Å². The van der Waals surface area contributed by atoms with Gasteiger partial charge in [0.2, 0.25) is 0 Å². The quantitative estimate of drug-likeness (QED) is 0.652. The largest absolute Gasteiger partial charge is 0.497 e. The van der Waals surface area contributed by atoms with Gasteiger partial charge in [0.25, 0.3) is 0 Å². The summed E-state index contributed by atoms with van der Waals surface area (Å²) in [5.74, 6) is 1.64. The Kier molecular flexibility index (Phi) is 7.66. The molecule has 0 saturated carbocycles. The Balaban J connectivity index is 1.22. The molecule has 0 aliphatic carbocycles. The first-order valence-electron chi connectivity index (χ1n) is 11.8. The number of amides is 2. The van der Waals surface area contributed by atoms with E-state index in [1.807, 2.05) is 0 Å². The van der Waals surface area contributed by atoms with Crippen LogP contribution in [0.15, 0.2) is 48.5 Å². The van der Waals surface area contributed by atoms with Crippen LogP contribution in [-0.4, -0.2) is 69.3 Å². The molecule has 0 radical (unpaired) electrons. The van der Waals surface area contributed by atoms with Gasteiger partial charge < -0.3 is 19.9 Å². The van der Waals surface area contributed by atoms with Crippen LogP contribution in [0.4, 0.5) is 10.5 Å². The van der Waals surface area contributed by atoms with Gasteiger partial charge in [0.15, 0.2) is 0 Å². The van der Waals surface area contributed by atoms with Crippen LogP contribution in [-0.2, 0) is 13.0 Å². The molecule has 1 unspecified atom stereocenters. The molecule has 2 saturated heterocycles. The predicted octanol–water partition coefficient (Wildman–Crippen LogP) is 3.61. The van der Waals surface area contributed by atoms with Gasteiger partial charge in [0, 0.05) is 45.0 Å². The third-order valence-electron chi connectivity index (χ3n) is 6.61. The zero-order chi connectivity index (χ0) is 22.3. The van der Waals surface area contributed by atoms with Gasteiger partial charge in [-0.3, -0.25) is 4.90 Å². The molecule has 4 rings (SSSR count). The third kappa shape index (κ3) is 6.02. The maximum Gasteiger partial charge on any atom is 0.321 e. The van der Waals surface area contributed by atoms with Gasteiger partial charge in [-0.15, -0.1) is 0 Å². The molecule has 0 bridgehead atoms. The molecule has 2 fully saturated rings. The van der Waals surface area contributed by atoms with Crippen molar-refractivity contribution < 1.29 is 9.53 Å². The minimum atomic E-state index is 0.00344. The van der Waals surface area contributed by atoms with Gasteiger partial charge in [-0.2, -0.15) is 0 Å². The van der Waals surface area contributed by atoms with Crippen molar-refractivity contribution in [2.24, 2.45) is 5.92 Å². The lowest BCUT2D eigenvalue weighted by atomic mass is 9.97. The molecule has 6 heteroatoms. The van der Waals surface area contributed by atoms with Crippen molar-refractivity contribution in [3.05, 3.63) is 59.7 Å². The zero-order valence-corrected chi connectivity index (χ0v) is 19.4. The van der Waals surface area contributed by atoms with E-state index in [1.165, 1.54) is 37.1 Å². The highest BCUT2D eigenvalue weighted by molar-refractivity contribution is 5.93. The van der Waals surface area contributed by atoms with Crippen LogP contribution in [0, 0.1) is 5.92 Å². The van der Waals surface area contributed by atoms with Gasteiger partial charge in [-0.1, -0.05) is 24.3 Å². The van der Waals surface area contributed by atoms with Crippen LogP contribution in [0.3, 0.4) is 0 Å². The van der Waals surface area contributed by atoms with Crippen LogP contribution in [0.25, 0.3) is 0 Å². The molecule has 2 amide bonds. The number of nitrogens with zero attached hydrogens (tertiary/aromatic N) is 3. The summed E-state index contributed by atoms with van der Waals surface area (Å²) < 4.78 is 5.26. The number of hydrogen-bond donors (Lipinski definition) is 1. The molecule has 2 aromatic rings. The number of piperidine rings is 1. The number of anilines is 1. The van der Waals surface area contributed by atoms with Crippen molar-refractivity contribution in [1.82, 2.24) is 15.1 Å². The highest BCUT2D eigenvalue weighted by Gasteiger charge is 2.22. The molecule has 6 nitrogen and oxygen atoms in total. The Bertz CT molecular complexity index is 868. The smallest absolute Gasteiger partial charge is 0.321 e. The second kappa shape index (κ2) is 10.8. The number of nitrogens with one attached hydrogen (secondary N) is 1. The minimum Gasteiger partial charge on any atom is -0.497 e. The number of benzene rings is 2. The molecule has 2 aliphatic rings. The summed E-state index contributed by atoms with van der Waals surface area (Å²) in [5, 5.41) is 2.86. The number of carbonyl (C=O) groups excluding carboxylic acids is 1. The Morgan fingerprint density at radius 1 is 1.06 bits per heavy atom. The van der Waals surface area contributed by atoms with Crippen molar-refractivity contribution in [1.29, 1.82) is 0 Å². The second-order valence-electron chi connectivity index (χ2n) is 9.15. The molecule has 1 N–H and O–H groups in total. The Morgan fingerprint density at radius 3 is 2.50 bits per heavy atom. The number of carbonyl (C=O) groups is 1. The predicted molar refractivity (Wildman–Crippen MR) is 129 cm³/mol. The molecule has 2 aromatic carbocycles. The third-order valence-corrected chi connectivity index (χ3v) is 6.61. The van der Waals surface area contributed by atoms with E-state index in [0.717, 1.165) is 56.5 Å². The molecule has 32 heavy (non-hydrogen) atoms. The molecule has 2 aliphatic heterocycles. The standard InChI is InChI=1S/C26H36N4O2/c1-28(18-22-5-9-24(10-6-22)30-17-14-27-26(30)31)19-23-4-3-15-29(20-23)16-13-21-7-11-25(32-2)12-8-21/h5-12,23H,3-4,13-20H2,1-2H3,(H,27,31). The van der Waals surface area contributed by atoms with Gasteiger partial charge >= 0.3 is 6.03 Å². The number of likely N-dealkylation sites (tertiary alicyclic amines) is 1. The van der Waals surface area contributed by atoms with Crippen LogP contribution >= 0.6 is 0 Å². The molecular formula is C26H36N4O2. The summed E-state index contributed by atoms with van der Waals surface area (Å²) in [7, 11) is 3.93. The lowest BCUT2D eigenvalue weighted by Crippen LogP contribution is -2.40. The van der Waals surface area contributed by atoms with Crippen molar-refractivity contribution in [2.45, 2.75) is 25.8 Å². The summed E-state index contributed by atoms with van der Waals surface area (Å²) in [4.78, 5) is 18.7. The van der Waals surface area contributed by atoms with Gasteiger partial charge in [-0.05, 0) is 74.2 Å². The van der Waals surface area contributed by atoms with E-state index in [1.54, 1.807) is 12.0 Å². The fourth-order valence-corrected chi connectivity index (χ4v) is 4.90. The Labute approximate surface area is 192 Å². The number of methoxy groups -OCH3 is 1. The average molecular weight is 437 g/mol. The van der Waals surface area contributed by atoms with Crippen molar-refractivity contribution in [3.8, 4) is 5.75 Å². The molecule has 2 heterocycles. The number of urea groups is 1. The number of ether oxygens (including phenoxy) is 1. The molecule has 172 valence electrons. The second-order valence-corrected chi connectivity index (χ2v) is 9.15. The van der Waals surface area contributed by atoms with E-state index < -0.39 is 0 Å². The first kappa shape index (κ1) is 22.6. The lowest BCUT2D eigenvalue weighted by molar-refractivity contribution is 0.142. The molecule has 1 atom stereocenters. The number of rotatable bonds is 9. The van der Waals surface area contributed by atoms with Crippen LogP contribution in [0.1, 0.15) is 24.0 Å². The highest BCUT2D eigenvalue weighted by Crippen LogP contribution is 2.21. The highest BCUT2D eigenvalue weighted by atomic mass is 16.5. The Hall–Kier alpha value is -2.57. The maximum absolute atomic E-state index is 11.8. The van der Waals surface area contributed by atoms with E-state index >= 15 is 0 Å². The lowest BCUT2D eigenvalue weighted by Gasteiger charge is -2.34. The molecular weight excluding hydrogens is 400 g/mol. The van der Waals surface area contributed by atoms with Gasteiger partial charge in [0.05, 0.1) is 7.11 Å². The minimum absolute atomic E-state index is 0.00344. The molecule has 0 aromatic heterocycles. The van der Waals surface area contributed by atoms with Gasteiger partial charge in [-0.25, -0.2) is 4.79 Å². The van der Waals surface area contributed by atoms with Crippen LogP contribution in [0.5, 0.6) is 5.75 Å². The summed E-state index contributed by atoms with van der Waals surface area (Å²) in [6.45, 7) is 7.05. The van der Waals surface area contributed by atoms with Crippen molar-refractivity contribution >= 4 is 11.7 Å². The van der Waals surface area contributed by atoms with Crippen LogP contribution < -0.4 is 15.0 Å². The van der Waals surface area contributed by atoms with E-state index in [0.29, 0.717) is 0 Å². The average Bonchev–Trinajstić information content (AvgIpc) is 3.24. The monoisotopic (exact) mass is 436 g/mol. The first-order valence-corrected chi connectivity index (χ1v) is 11.8. The first-order chi connectivity index (χ1) is 15.6. The SMILES string of the molecule is COc1ccc(CCN2CCCC(CN(C)Cc3ccc(N4CCNC4=O)cc3)C2)cc1. The summed E-state index contributed by atoms with van der Waals surface area (Å²) in [6, 6.07) is 16.9. The van der Waals surface area contributed by atoms with Crippen molar-refractivity contribution in [3.63, 3.8) is 0 Å². The zero-order valence-electron chi connectivity index (χ0n) is 19.4. The van der Waals surface area contributed by atoms with Crippen molar-refractivity contribution in [2.75, 3.05) is 58.3 Å². The fraction of sp³-hybridized carbons (Fsp3) is 0.500.